The van der Waals surface area contributed by atoms with Crippen LogP contribution in [-0.2, 0) is 30.4 Å². The summed E-state index contributed by atoms with van der Waals surface area (Å²) < 4.78 is 17.0. The van der Waals surface area contributed by atoms with E-state index < -0.39 is 29.5 Å². The van der Waals surface area contributed by atoms with Gasteiger partial charge in [0.05, 0.1) is 26.2 Å². The maximum Gasteiger partial charge on any atom is 0.331 e. The lowest BCUT2D eigenvalue weighted by atomic mass is 9.84. The van der Waals surface area contributed by atoms with Gasteiger partial charge in [-0.3, -0.25) is 9.79 Å². The van der Waals surface area contributed by atoms with Crippen LogP contribution in [0.15, 0.2) is 65.7 Å². The Morgan fingerprint density at radius 2 is 1.47 bits per heavy atom. The van der Waals surface area contributed by atoms with E-state index in [4.69, 9.17) is 19.2 Å². The minimum absolute atomic E-state index is 0.0117. The molecule has 0 aliphatic rings. The van der Waals surface area contributed by atoms with Crippen LogP contribution >= 0.6 is 0 Å². The molecule has 0 spiro atoms. The molecule has 0 amide bonds. The number of esters is 2. The van der Waals surface area contributed by atoms with Gasteiger partial charge in [-0.25, -0.2) is 4.79 Å². The maximum atomic E-state index is 13.5. The van der Waals surface area contributed by atoms with Crippen LogP contribution in [0, 0.1) is 11.3 Å². The van der Waals surface area contributed by atoms with Gasteiger partial charge in [0.1, 0.15) is 5.60 Å². The highest BCUT2D eigenvalue weighted by atomic mass is 16.6. The fraction of sp³-hybridized carbons (Fsp3) is 0.500. The average molecular weight is 496 g/mol. The molecule has 2 aromatic carbocycles. The summed E-state index contributed by atoms with van der Waals surface area (Å²) in [7, 11) is 0. The molecule has 0 fully saturated rings. The minimum Gasteiger partial charge on any atom is -0.466 e. The molecule has 6 nitrogen and oxygen atoms in total. The third-order valence-corrected chi connectivity index (χ3v) is 5.30. The van der Waals surface area contributed by atoms with Crippen molar-refractivity contribution >= 4 is 17.7 Å². The number of nitrogens with zero attached hydrogens (tertiary/aromatic N) is 1. The van der Waals surface area contributed by atoms with Crippen molar-refractivity contribution in [1.29, 1.82) is 0 Å². The van der Waals surface area contributed by atoms with Crippen LogP contribution in [0.4, 0.5) is 0 Å². The molecule has 0 aliphatic heterocycles. The van der Waals surface area contributed by atoms with E-state index in [1.165, 1.54) is 0 Å². The van der Waals surface area contributed by atoms with Gasteiger partial charge >= 0.3 is 11.9 Å². The molecule has 36 heavy (non-hydrogen) atoms. The fourth-order valence-corrected chi connectivity index (χ4v) is 3.75. The van der Waals surface area contributed by atoms with E-state index in [2.05, 4.69) is 20.8 Å². The largest absolute Gasteiger partial charge is 0.466 e. The predicted molar refractivity (Wildman–Crippen MR) is 143 cm³/mol. The summed E-state index contributed by atoms with van der Waals surface area (Å²) in [5.74, 6) is -1.45. The zero-order chi connectivity index (χ0) is 26.8. The van der Waals surface area contributed by atoms with Crippen molar-refractivity contribution in [2.24, 2.45) is 16.3 Å². The second-order valence-corrected chi connectivity index (χ2v) is 10.8. The van der Waals surface area contributed by atoms with Gasteiger partial charge in [0.2, 0.25) is 0 Å². The second-order valence-electron chi connectivity index (χ2n) is 10.8. The van der Waals surface area contributed by atoms with E-state index in [0.29, 0.717) is 6.61 Å². The van der Waals surface area contributed by atoms with Gasteiger partial charge < -0.3 is 14.2 Å². The zero-order valence-electron chi connectivity index (χ0n) is 22.7. The van der Waals surface area contributed by atoms with Crippen molar-refractivity contribution in [2.45, 2.75) is 73.1 Å². The highest BCUT2D eigenvalue weighted by Crippen LogP contribution is 2.27. The molecular weight excluding hydrogens is 454 g/mol. The first-order valence-corrected chi connectivity index (χ1v) is 12.5. The number of rotatable bonds is 11. The van der Waals surface area contributed by atoms with Crippen molar-refractivity contribution in [3.8, 4) is 0 Å². The number of ether oxygens (including phenoxy) is 3. The van der Waals surface area contributed by atoms with E-state index in [1.54, 1.807) is 6.92 Å². The summed E-state index contributed by atoms with van der Waals surface area (Å²) in [5, 5.41) is 0. The summed E-state index contributed by atoms with van der Waals surface area (Å²) in [6, 6.07) is 18.6. The van der Waals surface area contributed by atoms with E-state index >= 15 is 0 Å². The smallest absolute Gasteiger partial charge is 0.331 e. The van der Waals surface area contributed by atoms with Gasteiger partial charge in [-0.1, -0.05) is 81.4 Å². The van der Waals surface area contributed by atoms with E-state index in [9.17, 15) is 9.59 Å². The van der Waals surface area contributed by atoms with E-state index in [1.807, 2.05) is 81.4 Å². The molecule has 2 aromatic rings. The molecule has 0 saturated carbocycles. The molecule has 0 aromatic heterocycles. The first-order valence-electron chi connectivity index (χ1n) is 12.5. The van der Waals surface area contributed by atoms with Crippen molar-refractivity contribution < 1.29 is 23.8 Å². The van der Waals surface area contributed by atoms with Crippen molar-refractivity contribution in [3.63, 3.8) is 0 Å². The number of hydrogen-bond donors (Lipinski definition) is 0. The Balaban J connectivity index is 2.49. The van der Waals surface area contributed by atoms with Crippen LogP contribution in [0.2, 0.25) is 0 Å². The summed E-state index contributed by atoms with van der Waals surface area (Å²) in [6.45, 7) is 14.1. The lowest BCUT2D eigenvalue weighted by Crippen LogP contribution is -2.40. The second kappa shape index (κ2) is 13.4. The van der Waals surface area contributed by atoms with Gasteiger partial charge in [0, 0.05) is 17.0 Å². The average Bonchev–Trinajstić information content (AvgIpc) is 2.78. The van der Waals surface area contributed by atoms with Crippen molar-refractivity contribution in [3.05, 3.63) is 71.8 Å². The zero-order valence-corrected chi connectivity index (χ0v) is 22.7. The van der Waals surface area contributed by atoms with Gasteiger partial charge in [-0.05, 0) is 38.8 Å². The Bertz CT molecular complexity index is 987. The quantitative estimate of drug-likeness (QED) is 0.282. The molecule has 0 N–H and O–H groups in total. The number of hydrogen-bond acceptors (Lipinski definition) is 6. The number of benzene rings is 2. The first-order chi connectivity index (χ1) is 16.9. The highest BCUT2D eigenvalue weighted by molar-refractivity contribution is 6.05. The number of aliphatic imine (C=N–C) groups is 1. The Hall–Kier alpha value is -2.99. The summed E-state index contributed by atoms with van der Waals surface area (Å²) in [6.07, 6.45) is -0.0117. The lowest BCUT2D eigenvalue weighted by molar-refractivity contribution is -0.159. The molecule has 0 radical (unpaired) electrons. The van der Waals surface area contributed by atoms with Crippen molar-refractivity contribution in [2.75, 3.05) is 13.2 Å². The standard InChI is InChI=1S/C30H41NO5/c1-8-35-25(32)19-24(21-34-20-22-15-11-9-12-16-22)26(28(33)36-30(5,6)7)31-27(29(2,3)4)23-17-13-10-14-18-23/h9-18,24,26H,8,19-21H2,1-7H3. The number of carbonyl (C=O) groups is 2. The molecule has 2 rings (SSSR count). The molecule has 6 heteroatoms. The molecule has 0 heterocycles. The van der Waals surface area contributed by atoms with Gasteiger partial charge in [0.25, 0.3) is 0 Å². The summed E-state index contributed by atoms with van der Waals surface area (Å²) in [4.78, 5) is 31.1. The van der Waals surface area contributed by atoms with Gasteiger partial charge in [-0.15, -0.1) is 0 Å². The Morgan fingerprint density at radius 1 is 0.889 bits per heavy atom. The molecule has 2 unspecified atom stereocenters. The summed E-state index contributed by atoms with van der Waals surface area (Å²) >= 11 is 0. The SMILES string of the molecule is CCOC(=O)CC(COCc1ccccc1)C(N=C(c1ccccc1)C(C)(C)C)C(=O)OC(C)(C)C. The van der Waals surface area contributed by atoms with Gasteiger partial charge in [-0.2, -0.15) is 0 Å². The van der Waals surface area contributed by atoms with Crippen LogP contribution in [-0.4, -0.2) is 42.5 Å². The molecular formula is C30H41NO5. The third-order valence-electron chi connectivity index (χ3n) is 5.30. The number of carbonyl (C=O) groups excluding carboxylic acids is 2. The molecule has 0 aliphatic carbocycles. The topological polar surface area (TPSA) is 74.2 Å². The molecule has 196 valence electrons. The Kier molecular flexibility index (Phi) is 10.8. The lowest BCUT2D eigenvalue weighted by Gasteiger charge is -2.30. The molecule has 0 bridgehead atoms. The fourth-order valence-electron chi connectivity index (χ4n) is 3.75. The van der Waals surface area contributed by atoms with Crippen LogP contribution in [0.5, 0.6) is 0 Å². The normalized spacial score (nSPS) is 14.1. The van der Waals surface area contributed by atoms with Crippen molar-refractivity contribution in [1.82, 2.24) is 0 Å². The monoisotopic (exact) mass is 495 g/mol. The van der Waals surface area contributed by atoms with Crippen LogP contribution in [0.25, 0.3) is 0 Å². The van der Waals surface area contributed by atoms with E-state index in [-0.39, 0.29) is 25.0 Å². The van der Waals surface area contributed by atoms with Crippen LogP contribution in [0.1, 0.15) is 66.0 Å². The third kappa shape index (κ3) is 9.94. The Labute approximate surface area is 216 Å². The van der Waals surface area contributed by atoms with E-state index in [0.717, 1.165) is 16.8 Å². The molecule has 0 saturated heterocycles. The summed E-state index contributed by atoms with van der Waals surface area (Å²) in [5.41, 5.74) is 1.61. The Morgan fingerprint density at radius 3 is 2.00 bits per heavy atom. The predicted octanol–water partition coefficient (Wildman–Crippen LogP) is 6.02. The molecule has 2 atom stereocenters. The van der Waals surface area contributed by atoms with Crippen LogP contribution in [0.3, 0.4) is 0 Å². The maximum absolute atomic E-state index is 13.5. The van der Waals surface area contributed by atoms with Gasteiger partial charge in [0.15, 0.2) is 6.04 Å². The van der Waals surface area contributed by atoms with Crippen LogP contribution < -0.4 is 0 Å². The highest BCUT2D eigenvalue weighted by Gasteiger charge is 2.36. The minimum atomic E-state index is -0.946. The first kappa shape index (κ1) is 29.2.